The predicted octanol–water partition coefficient (Wildman–Crippen LogP) is 3.71. The van der Waals surface area contributed by atoms with Crippen molar-refractivity contribution < 1.29 is 18.7 Å². The van der Waals surface area contributed by atoms with Crippen molar-refractivity contribution in [3.63, 3.8) is 0 Å². The van der Waals surface area contributed by atoms with E-state index in [1.807, 2.05) is 32.9 Å². The molecule has 2 aromatic rings. The van der Waals surface area contributed by atoms with E-state index in [1.54, 1.807) is 44.4 Å². The van der Waals surface area contributed by atoms with Crippen molar-refractivity contribution in [3.05, 3.63) is 65.5 Å². The molecule has 29 heavy (non-hydrogen) atoms. The second-order valence-corrected chi connectivity index (χ2v) is 8.05. The number of nitrogens with zero attached hydrogens (tertiary/aromatic N) is 1. The average Bonchev–Trinajstić information content (AvgIpc) is 2.66. The van der Waals surface area contributed by atoms with Gasteiger partial charge >= 0.3 is 0 Å². The number of methoxy groups -OCH3 is 1. The lowest BCUT2D eigenvalue weighted by Crippen LogP contribution is -2.52. The molecule has 0 aliphatic heterocycles. The van der Waals surface area contributed by atoms with Crippen LogP contribution in [0.1, 0.15) is 38.8 Å². The highest BCUT2D eigenvalue weighted by Gasteiger charge is 2.28. The zero-order chi connectivity index (χ0) is 21.6. The zero-order valence-electron chi connectivity index (χ0n) is 17.7. The molecular weight excluding hydrogens is 371 g/mol. The first-order valence-electron chi connectivity index (χ1n) is 9.58. The minimum absolute atomic E-state index is 0.115. The van der Waals surface area contributed by atoms with Crippen LogP contribution in [0.25, 0.3) is 0 Å². The molecule has 2 amide bonds. The summed E-state index contributed by atoms with van der Waals surface area (Å²) in [7, 11) is 1.58. The summed E-state index contributed by atoms with van der Waals surface area (Å²) in [6, 6.07) is 12.8. The van der Waals surface area contributed by atoms with Crippen LogP contribution in [0.15, 0.2) is 48.5 Å². The molecule has 0 saturated heterocycles. The van der Waals surface area contributed by atoms with Gasteiger partial charge in [0.25, 0.3) is 0 Å². The van der Waals surface area contributed by atoms with Gasteiger partial charge in [-0.15, -0.1) is 0 Å². The molecule has 0 aromatic heterocycles. The number of hydrogen-bond donors (Lipinski definition) is 1. The molecule has 5 nitrogen and oxygen atoms in total. The normalized spacial score (nSPS) is 12.2. The third kappa shape index (κ3) is 6.59. The predicted molar refractivity (Wildman–Crippen MR) is 111 cm³/mol. The van der Waals surface area contributed by atoms with E-state index < -0.39 is 17.4 Å². The molecule has 0 radical (unpaired) electrons. The van der Waals surface area contributed by atoms with Crippen molar-refractivity contribution in [1.82, 2.24) is 10.2 Å². The Balaban J connectivity index is 2.26. The van der Waals surface area contributed by atoms with Crippen LogP contribution in [0, 0.1) is 5.82 Å². The molecule has 1 unspecified atom stereocenters. The molecule has 0 saturated carbocycles. The summed E-state index contributed by atoms with van der Waals surface area (Å²) in [5.74, 6) is -0.302. The smallest absolute Gasteiger partial charge is 0.242 e. The maximum absolute atomic E-state index is 14.0. The molecule has 6 heteroatoms. The van der Waals surface area contributed by atoms with E-state index in [0.717, 1.165) is 5.56 Å². The van der Waals surface area contributed by atoms with E-state index >= 15 is 0 Å². The molecule has 2 rings (SSSR count). The lowest BCUT2D eigenvalue weighted by atomic mass is 10.1. The van der Waals surface area contributed by atoms with E-state index in [0.29, 0.717) is 11.3 Å². The van der Waals surface area contributed by atoms with Gasteiger partial charge in [-0.1, -0.05) is 30.3 Å². The number of rotatable bonds is 7. The first-order valence-corrected chi connectivity index (χ1v) is 9.58. The number of halogens is 1. The molecule has 0 aliphatic rings. The van der Waals surface area contributed by atoms with E-state index in [-0.39, 0.29) is 24.8 Å². The van der Waals surface area contributed by atoms with E-state index in [2.05, 4.69) is 5.32 Å². The van der Waals surface area contributed by atoms with Crippen LogP contribution in [-0.4, -0.2) is 35.4 Å². The number of carbonyl (C=O) groups excluding carboxylic acids is 2. The number of nitrogens with one attached hydrogen (secondary N) is 1. The molecule has 0 spiro atoms. The minimum atomic E-state index is -0.712. The standard InChI is InChI=1S/C23H29FN2O3/c1-16(22(28)25-23(2,3)4)26(15-17-10-12-19(29-5)13-11-17)21(27)14-18-8-6-7-9-20(18)24/h6-13,16H,14-15H2,1-5H3,(H,25,28). The van der Waals surface area contributed by atoms with E-state index in [9.17, 15) is 14.0 Å². The summed E-state index contributed by atoms with van der Waals surface area (Å²) in [6.07, 6.45) is -0.115. The third-order valence-electron chi connectivity index (χ3n) is 4.48. The Morgan fingerprint density at radius 3 is 2.28 bits per heavy atom. The highest BCUT2D eigenvalue weighted by Crippen LogP contribution is 2.17. The van der Waals surface area contributed by atoms with Crippen LogP contribution in [-0.2, 0) is 22.6 Å². The first kappa shape index (κ1) is 22.4. The van der Waals surface area contributed by atoms with Gasteiger partial charge in [0.05, 0.1) is 13.5 Å². The fraction of sp³-hybridized carbons (Fsp3) is 0.391. The fourth-order valence-electron chi connectivity index (χ4n) is 2.89. The van der Waals surface area contributed by atoms with Gasteiger partial charge in [0.2, 0.25) is 11.8 Å². The summed E-state index contributed by atoms with van der Waals surface area (Å²) >= 11 is 0. The molecule has 2 aromatic carbocycles. The van der Waals surface area contributed by atoms with Crippen molar-refractivity contribution in [2.24, 2.45) is 0 Å². The monoisotopic (exact) mass is 400 g/mol. The summed E-state index contributed by atoms with van der Waals surface area (Å²) in [6.45, 7) is 7.56. The van der Waals surface area contributed by atoms with Gasteiger partial charge < -0.3 is 15.0 Å². The largest absolute Gasteiger partial charge is 0.497 e. The Labute approximate surface area is 171 Å². The molecule has 156 valence electrons. The van der Waals surface area contributed by atoms with Gasteiger partial charge in [0.1, 0.15) is 17.6 Å². The first-order chi connectivity index (χ1) is 13.6. The van der Waals surface area contributed by atoms with Gasteiger partial charge in [-0.05, 0) is 57.0 Å². The minimum Gasteiger partial charge on any atom is -0.497 e. The number of ether oxygens (including phenoxy) is 1. The Hall–Kier alpha value is -2.89. The second kappa shape index (κ2) is 9.54. The van der Waals surface area contributed by atoms with Gasteiger partial charge in [-0.3, -0.25) is 9.59 Å². The van der Waals surface area contributed by atoms with Gasteiger partial charge in [0.15, 0.2) is 0 Å². The quantitative estimate of drug-likeness (QED) is 0.771. The summed E-state index contributed by atoms with van der Waals surface area (Å²) < 4.78 is 19.2. The van der Waals surface area contributed by atoms with E-state index in [4.69, 9.17) is 4.74 Å². The van der Waals surface area contributed by atoms with Crippen molar-refractivity contribution in [2.45, 2.75) is 52.2 Å². The molecule has 0 aliphatic carbocycles. The zero-order valence-corrected chi connectivity index (χ0v) is 17.7. The SMILES string of the molecule is COc1ccc(CN(C(=O)Cc2ccccc2F)C(C)C(=O)NC(C)(C)C)cc1. The Morgan fingerprint density at radius 2 is 1.72 bits per heavy atom. The van der Waals surface area contributed by atoms with Crippen molar-refractivity contribution >= 4 is 11.8 Å². The molecule has 0 bridgehead atoms. The fourth-order valence-corrected chi connectivity index (χ4v) is 2.89. The summed E-state index contributed by atoms with van der Waals surface area (Å²) in [4.78, 5) is 27.3. The van der Waals surface area contributed by atoms with Crippen LogP contribution in [0.5, 0.6) is 5.75 Å². The highest BCUT2D eigenvalue weighted by atomic mass is 19.1. The Kier molecular flexibility index (Phi) is 7.37. The van der Waals surface area contributed by atoms with Crippen LogP contribution in [0.4, 0.5) is 4.39 Å². The van der Waals surface area contributed by atoms with Gasteiger partial charge in [0, 0.05) is 12.1 Å². The summed E-state index contributed by atoms with van der Waals surface area (Å²) in [5.41, 5.74) is 0.731. The van der Waals surface area contributed by atoms with Crippen LogP contribution < -0.4 is 10.1 Å². The molecule has 0 fully saturated rings. The molecule has 1 atom stereocenters. The lowest BCUT2D eigenvalue weighted by molar-refractivity contribution is -0.140. The molecule has 0 heterocycles. The van der Waals surface area contributed by atoms with Crippen molar-refractivity contribution in [3.8, 4) is 5.75 Å². The maximum Gasteiger partial charge on any atom is 0.242 e. The maximum atomic E-state index is 14.0. The van der Waals surface area contributed by atoms with Gasteiger partial charge in [-0.25, -0.2) is 4.39 Å². The van der Waals surface area contributed by atoms with E-state index in [1.165, 1.54) is 11.0 Å². The third-order valence-corrected chi connectivity index (χ3v) is 4.48. The Bertz CT molecular complexity index is 844. The van der Waals surface area contributed by atoms with Gasteiger partial charge in [-0.2, -0.15) is 0 Å². The number of benzene rings is 2. The topological polar surface area (TPSA) is 58.6 Å². The average molecular weight is 400 g/mol. The van der Waals surface area contributed by atoms with Crippen LogP contribution >= 0.6 is 0 Å². The van der Waals surface area contributed by atoms with Crippen LogP contribution in [0.3, 0.4) is 0 Å². The highest BCUT2D eigenvalue weighted by molar-refractivity contribution is 5.88. The molecule has 1 N–H and O–H groups in total. The lowest BCUT2D eigenvalue weighted by Gasteiger charge is -2.31. The van der Waals surface area contributed by atoms with Crippen LogP contribution in [0.2, 0.25) is 0 Å². The van der Waals surface area contributed by atoms with Crippen molar-refractivity contribution in [1.29, 1.82) is 0 Å². The van der Waals surface area contributed by atoms with Crippen molar-refractivity contribution in [2.75, 3.05) is 7.11 Å². The number of hydrogen-bond acceptors (Lipinski definition) is 3. The Morgan fingerprint density at radius 1 is 1.10 bits per heavy atom. The number of amides is 2. The second-order valence-electron chi connectivity index (χ2n) is 8.05. The molecular formula is C23H29FN2O3. The summed E-state index contributed by atoms with van der Waals surface area (Å²) in [5, 5.41) is 2.91. The number of carbonyl (C=O) groups is 2.